The van der Waals surface area contributed by atoms with Crippen molar-refractivity contribution in [3.63, 3.8) is 0 Å². The molecular weight excluding hydrogens is 162 g/mol. The smallest absolute Gasteiger partial charge is 0.0700 e. The van der Waals surface area contributed by atoms with Crippen LogP contribution in [-0.4, -0.2) is 32.3 Å². The van der Waals surface area contributed by atoms with Crippen LogP contribution >= 0.6 is 0 Å². The molecule has 0 bridgehead atoms. The van der Waals surface area contributed by atoms with E-state index in [9.17, 15) is 0 Å². The average molecular weight is 185 g/mol. The number of unbranched alkanes of at least 4 members (excludes halogenated alkanes) is 3. The van der Waals surface area contributed by atoms with Crippen molar-refractivity contribution in [2.45, 2.75) is 38.8 Å². The minimum Gasteiger partial charge on any atom is -0.313 e. The summed E-state index contributed by atoms with van der Waals surface area (Å²) in [6, 6.07) is 0. The Labute approximate surface area is 81.7 Å². The third-order valence-electron chi connectivity index (χ3n) is 2.46. The fourth-order valence-electron chi connectivity index (χ4n) is 1.63. The third-order valence-corrected chi connectivity index (χ3v) is 2.46. The number of hydrogen-bond donors (Lipinski definition) is 3. The Morgan fingerprint density at radius 2 is 2.15 bits per heavy atom. The van der Waals surface area contributed by atoms with Gasteiger partial charge in [-0.1, -0.05) is 26.2 Å². The first-order valence-electron chi connectivity index (χ1n) is 5.61. The predicted octanol–water partition coefficient (Wildman–Crippen LogP) is 0.675. The lowest BCUT2D eigenvalue weighted by molar-refractivity contribution is 0.357. The van der Waals surface area contributed by atoms with Gasteiger partial charge >= 0.3 is 0 Å². The van der Waals surface area contributed by atoms with Gasteiger partial charge in [-0.25, -0.2) is 0 Å². The first kappa shape index (κ1) is 11.0. The van der Waals surface area contributed by atoms with Gasteiger partial charge in [-0.05, 0) is 13.0 Å². The highest BCUT2D eigenvalue weighted by molar-refractivity contribution is 4.72. The van der Waals surface area contributed by atoms with Gasteiger partial charge in [0.25, 0.3) is 0 Å². The quantitative estimate of drug-likeness (QED) is 0.532. The molecule has 0 aromatic heterocycles. The fourth-order valence-corrected chi connectivity index (χ4v) is 1.63. The van der Waals surface area contributed by atoms with Crippen LogP contribution in [0.5, 0.6) is 0 Å². The lowest BCUT2D eigenvalue weighted by Crippen LogP contribution is -2.55. The van der Waals surface area contributed by atoms with Crippen LogP contribution in [0.4, 0.5) is 0 Å². The molecule has 0 saturated carbocycles. The van der Waals surface area contributed by atoms with Crippen molar-refractivity contribution in [1.29, 1.82) is 0 Å². The van der Waals surface area contributed by atoms with E-state index >= 15 is 0 Å². The highest BCUT2D eigenvalue weighted by atomic mass is 15.2. The summed E-state index contributed by atoms with van der Waals surface area (Å²) in [5.41, 5.74) is 0. The van der Waals surface area contributed by atoms with Crippen molar-refractivity contribution in [3.05, 3.63) is 0 Å². The van der Waals surface area contributed by atoms with Crippen molar-refractivity contribution in [2.24, 2.45) is 0 Å². The van der Waals surface area contributed by atoms with E-state index in [-0.39, 0.29) is 0 Å². The molecule has 1 heterocycles. The van der Waals surface area contributed by atoms with Gasteiger partial charge in [0.15, 0.2) is 0 Å². The molecule has 0 spiro atoms. The van der Waals surface area contributed by atoms with Crippen LogP contribution in [0.1, 0.15) is 32.6 Å². The van der Waals surface area contributed by atoms with Crippen molar-refractivity contribution >= 4 is 0 Å². The molecule has 0 radical (unpaired) electrons. The Morgan fingerprint density at radius 1 is 1.23 bits per heavy atom. The summed E-state index contributed by atoms with van der Waals surface area (Å²) in [5.74, 6) is 0. The number of hydrogen-bond acceptors (Lipinski definition) is 3. The normalized spacial score (nSPS) is 23.3. The molecular formula is C10H23N3. The first-order valence-corrected chi connectivity index (χ1v) is 5.61. The van der Waals surface area contributed by atoms with E-state index in [2.05, 4.69) is 22.9 Å². The second kappa shape index (κ2) is 7.30. The zero-order valence-corrected chi connectivity index (χ0v) is 8.73. The Bertz CT molecular complexity index is 111. The van der Waals surface area contributed by atoms with Crippen molar-refractivity contribution in [2.75, 3.05) is 26.2 Å². The molecule has 0 aromatic rings. The summed E-state index contributed by atoms with van der Waals surface area (Å²) >= 11 is 0. The molecule has 1 unspecified atom stereocenters. The van der Waals surface area contributed by atoms with Crippen LogP contribution < -0.4 is 16.0 Å². The number of piperazine rings is 1. The highest BCUT2D eigenvalue weighted by Gasteiger charge is 2.09. The molecule has 3 nitrogen and oxygen atoms in total. The van der Waals surface area contributed by atoms with E-state index in [1.165, 1.54) is 25.7 Å². The van der Waals surface area contributed by atoms with E-state index in [1.54, 1.807) is 0 Å². The van der Waals surface area contributed by atoms with Gasteiger partial charge in [-0.2, -0.15) is 0 Å². The Balaban J connectivity index is 1.86. The van der Waals surface area contributed by atoms with Gasteiger partial charge in [0.05, 0.1) is 6.17 Å². The molecule has 78 valence electrons. The minimum atomic E-state index is 0.496. The molecule has 0 aliphatic carbocycles. The van der Waals surface area contributed by atoms with E-state index in [0.717, 1.165) is 26.2 Å². The van der Waals surface area contributed by atoms with Crippen LogP contribution in [0.25, 0.3) is 0 Å². The molecule has 13 heavy (non-hydrogen) atoms. The first-order chi connectivity index (χ1) is 6.43. The zero-order chi connectivity index (χ0) is 9.36. The van der Waals surface area contributed by atoms with E-state index in [1.807, 2.05) is 0 Å². The van der Waals surface area contributed by atoms with E-state index in [4.69, 9.17) is 0 Å². The second-order valence-corrected chi connectivity index (χ2v) is 3.73. The third kappa shape index (κ3) is 5.24. The van der Waals surface area contributed by atoms with Crippen molar-refractivity contribution < 1.29 is 0 Å². The molecule has 1 saturated heterocycles. The zero-order valence-electron chi connectivity index (χ0n) is 8.73. The number of nitrogens with one attached hydrogen (secondary N) is 3. The van der Waals surface area contributed by atoms with Crippen LogP contribution in [0, 0.1) is 0 Å². The Hall–Kier alpha value is -0.120. The van der Waals surface area contributed by atoms with Crippen LogP contribution in [0.2, 0.25) is 0 Å². The summed E-state index contributed by atoms with van der Waals surface area (Å²) in [6.07, 6.45) is 5.87. The molecule has 1 rings (SSSR count). The molecule has 1 atom stereocenters. The van der Waals surface area contributed by atoms with Gasteiger partial charge in [0.2, 0.25) is 0 Å². The maximum absolute atomic E-state index is 3.51. The van der Waals surface area contributed by atoms with Gasteiger partial charge in [0.1, 0.15) is 0 Å². The summed E-state index contributed by atoms with van der Waals surface area (Å²) in [6.45, 7) is 6.66. The van der Waals surface area contributed by atoms with Gasteiger partial charge < -0.3 is 10.6 Å². The maximum Gasteiger partial charge on any atom is 0.0700 e. The van der Waals surface area contributed by atoms with Gasteiger partial charge in [0, 0.05) is 19.6 Å². The van der Waals surface area contributed by atoms with E-state index in [0.29, 0.717) is 6.17 Å². The standard InChI is InChI=1S/C10H23N3/c1-2-3-4-5-6-12-10-9-11-7-8-13-10/h10-13H,2-9H2,1H3. The lowest BCUT2D eigenvalue weighted by atomic mass is 10.2. The fraction of sp³-hybridized carbons (Fsp3) is 1.00. The van der Waals surface area contributed by atoms with E-state index < -0.39 is 0 Å². The molecule has 1 aliphatic rings. The maximum atomic E-state index is 3.51. The van der Waals surface area contributed by atoms with Crippen molar-refractivity contribution in [3.8, 4) is 0 Å². The summed E-state index contributed by atoms with van der Waals surface area (Å²) in [4.78, 5) is 0. The largest absolute Gasteiger partial charge is 0.313 e. The van der Waals surface area contributed by atoms with Crippen molar-refractivity contribution in [1.82, 2.24) is 16.0 Å². The second-order valence-electron chi connectivity index (χ2n) is 3.73. The van der Waals surface area contributed by atoms with Crippen LogP contribution in [0.3, 0.4) is 0 Å². The van der Waals surface area contributed by atoms with Crippen LogP contribution in [-0.2, 0) is 0 Å². The molecule has 1 fully saturated rings. The summed E-state index contributed by atoms with van der Waals surface area (Å²) < 4.78 is 0. The summed E-state index contributed by atoms with van der Waals surface area (Å²) in [7, 11) is 0. The molecule has 3 N–H and O–H groups in total. The molecule has 0 aromatic carbocycles. The predicted molar refractivity (Wildman–Crippen MR) is 56.8 cm³/mol. The Morgan fingerprint density at radius 3 is 2.85 bits per heavy atom. The average Bonchev–Trinajstić information content (AvgIpc) is 2.19. The topological polar surface area (TPSA) is 36.1 Å². The highest BCUT2D eigenvalue weighted by Crippen LogP contribution is 1.97. The Kier molecular flexibility index (Phi) is 6.15. The monoisotopic (exact) mass is 185 g/mol. The minimum absolute atomic E-state index is 0.496. The summed E-state index contributed by atoms with van der Waals surface area (Å²) in [5, 5.41) is 10.3. The van der Waals surface area contributed by atoms with Gasteiger partial charge in [-0.3, -0.25) is 5.32 Å². The van der Waals surface area contributed by atoms with Gasteiger partial charge in [-0.15, -0.1) is 0 Å². The molecule has 1 aliphatic heterocycles. The SMILES string of the molecule is CCCCCCNC1CNCCN1. The lowest BCUT2D eigenvalue weighted by Gasteiger charge is -2.25. The molecule has 0 amide bonds. The molecule has 3 heteroatoms. The van der Waals surface area contributed by atoms with Crippen LogP contribution in [0.15, 0.2) is 0 Å². The number of rotatable bonds is 6.